The van der Waals surface area contributed by atoms with Crippen LogP contribution < -0.4 is 10.6 Å². The van der Waals surface area contributed by atoms with Gasteiger partial charge in [-0.25, -0.2) is 0 Å². The first-order valence-corrected chi connectivity index (χ1v) is 8.29. The third kappa shape index (κ3) is 5.38. The van der Waals surface area contributed by atoms with Gasteiger partial charge in [0.1, 0.15) is 24.9 Å². The van der Waals surface area contributed by atoms with Crippen LogP contribution in [0.4, 0.5) is 0 Å². The number of carbonyl (C=O) groups is 4. The summed E-state index contributed by atoms with van der Waals surface area (Å²) in [5.41, 5.74) is 0. The molecule has 3 amide bonds. The standard InChI is InChI=1S/C17H27N3O5/c1-6-12(11(5)21)18-16(24)15(9(2)3)19-13(22)8-20-14(23)7-10(4)17(20)25/h6,9-10,12,14-15,23H,1,7-8H2,2-5H3,(H,18,24)(H,19,22)/t10?,12-,14?,15-/m0/s1. The van der Waals surface area contributed by atoms with Crippen LogP contribution in [0.15, 0.2) is 12.7 Å². The van der Waals surface area contributed by atoms with Gasteiger partial charge in [-0.05, 0) is 12.8 Å². The molecule has 1 fully saturated rings. The minimum atomic E-state index is -0.998. The fourth-order valence-electron chi connectivity index (χ4n) is 2.64. The van der Waals surface area contributed by atoms with Crippen LogP contribution in [-0.4, -0.2) is 58.4 Å². The molecular weight excluding hydrogens is 326 g/mol. The van der Waals surface area contributed by atoms with Gasteiger partial charge in [-0.15, -0.1) is 6.58 Å². The van der Waals surface area contributed by atoms with Crippen molar-refractivity contribution >= 4 is 23.5 Å². The molecule has 0 aliphatic carbocycles. The molecule has 1 aliphatic heterocycles. The van der Waals surface area contributed by atoms with Gasteiger partial charge in [0.2, 0.25) is 17.7 Å². The fraction of sp³-hybridized carbons (Fsp3) is 0.647. The number of ketones is 1. The monoisotopic (exact) mass is 353 g/mol. The highest BCUT2D eigenvalue weighted by Gasteiger charge is 2.37. The summed E-state index contributed by atoms with van der Waals surface area (Å²) in [6.45, 7) is 9.69. The Morgan fingerprint density at radius 2 is 1.96 bits per heavy atom. The molecule has 8 nitrogen and oxygen atoms in total. The summed E-state index contributed by atoms with van der Waals surface area (Å²) in [4.78, 5) is 49.0. The number of rotatable bonds is 8. The number of carbonyl (C=O) groups excluding carboxylic acids is 4. The molecule has 0 bridgehead atoms. The van der Waals surface area contributed by atoms with Gasteiger partial charge >= 0.3 is 0 Å². The molecule has 1 heterocycles. The SMILES string of the molecule is C=C[C@H](NC(=O)[C@@H](NC(=O)CN1C(=O)C(C)CC1O)C(C)C)C(C)=O. The van der Waals surface area contributed by atoms with Gasteiger partial charge in [0.25, 0.3) is 0 Å². The molecule has 2 unspecified atom stereocenters. The zero-order valence-electron chi connectivity index (χ0n) is 15.1. The summed E-state index contributed by atoms with van der Waals surface area (Å²) in [5, 5.41) is 14.9. The summed E-state index contributed by atoms with van der Waals surface area (Å²) in [5.74, 6) is -2.19. The topological polar surface area (TPSA) is 116 Å². The Labute approximate surface area is 147 Å². The van der Waals surface area contributed by atoms with Gasteiger partial charge in [0.05, 0.1) is 0 Å². The normalized spacial score (nSPS) is 22.5. The van der Waals surface area contributed by atoms with Gasteiger partial charge in [0.15, 0.2) is 5.78 Å². The van der Waals surface area contributed by atoms with Crippen molar-refractivity contribution in [2.45, 2.75) is 52.4 Å². The largest absolute Gasteiger partial charge is 0.373 e. The first kappa shape index (κ1) is 20.8. The highest BCUT2D eigenvalue weighted by Crippen LogP contribution is 2.21. The van der Waals surface area contributed by atoms with Crippen LogP contribution >= 0.6 is 0 Å². The van der Waals surface area contributed by atoms with Gasteiger partial charge in [-0.3, -0.25) is 19.2 Å². The van der Waals surface area contributed by atoms with Crippen LogP contribution in [0.3, 0.4) is 0 Å². The van der Waals surface area contributed by atoms with E-state index in [1.807, 2.05) is 0 Å². The fourth-order valence-corrected chi connectivity index (χ4v) is 2.64. The summed E-state index contributed by atoms with van der Waals surface area (Å²) >= 11 is 0. The second-order valence-electron chi connectivity index (χ2n) is 6.71. The highest BCUT2D eigenvalue weighted by atomic mass is 16.3. The van der Waals surface area contributed by atoms with E-state index in [1.165, 1.54) is 13.0 Å². The number of Topliss-reactive ketones (excluding diaryl/α,β-unsaturated/α-hetero) is 1. The minimum Gasteiger partial charge on any atom is -0.373 e. The van der Waals surface area contributed by atoms with E-state index in [2.05, 4.69) is 17.2 Å². The predicted molar refractivity (Wildman–Crippen MR) is 91.1 cm³/mol. The second kappa shape index (κ2) is 8.75. The van der Waals surface area contributed by atoms with Crippen LogP contribution in [0.2, 0.25) is 0 Å². The van der Waals surface area contributed by atoms with E-state index in [-0.39, 0.29) is 36.5 Å². The Morgan fingerprint density at radius 3 is 2.36 bits per heavy atom. The zero-order valence-corrected chi connectivity index (χ0v) is 15.1. The molecule has 140 valence electrons. The maximum atomic E-state index is 12.4. The average molecular weight is 353 g/mol. The predicted octanol–water partition coefficient (Wildman–Crippen LogP) is -0.426. The van der Waals surface area contributed by atoms with Gasteiger partial charge in [0, 0.05) is 12.3 Å². The molecule has 0 aromatic carbocycles. The third-order valence-corrected chi connectivity index (χ3v) is 4.18. The Kier molecular flexibility index (Phi) is 7.29. The number of nitrogens with zero attached hydrogens (tertiary/aromatic N) is 1. The quantitative estimate of drug-likeness (QED) is 0.512. The lowest BCUT2D eigenvalue weighted by atomic mass is 10.0. The van der Waals surface area contributed by atoms with E-state index in [0.717, 1.165) is 4.90 Å². The molecule has 0 spiro atoms. The molecule has 1 rings (SSSR count). The highest BCUT2D eigenvalue weighted by molar-refractivity contribution is 5.94. The Morgan fingerprint density at radius 1 is 1.36 bits per heavy atom. The molecule has 0 saturated carbocycles. The number of aliphatic hydroxyl groups excluding tert-OH is 1. The maximum absolute atomic E-state index is 12.4. The number of hydrogen-bond donors (Lipinski definition) is 3. The zero-order chi connectivity index (χ0) is 19.3. The summed E-state index contributed by atoms with van der Waals surface area (Å²) in [6.07, 6.45) is 0.599. The van der Waals surface area contributed by atoms with Crippen molar-refractivity contribution in [3.8, 4) is 0 Å². The smallest absolute Gasteiger partial charge is 0.243 e. The lowest BCUT2D eigenvalue weighted by Gasteiger charge is -2.25. The third-order valence-electron chi connectivity index (χ3n) is 4.18. The van der Waals surface area contributed by atoms with Crippen molar-refractivity contribution in [1.82, 2.24) is 15.5 Å². The molecule has 3 N–H and O–H groups in total. The molecular formula is C17H27N3O5. The number of nitrogens with one attached hydrogen (secondary N) is 2. The molecule has 8 heteroatoms. The second-order valence-corrected chi connectivity index (χ2v) is 6.71. The lowest BCUT2D eigenvalue weighted by molar-refractivity contribution is -0.141. The van der Waals surface area contributed by atoms with Crippen LogP contribution in [-0.2, 0) is 19.2 Å². The van der Waals surface area contributed by atoms with Crippen molar-refractivity contribution in [2.75, 3.05) is 6.54 Å². The number of likely N-dealkylation sites (tertiary alicyclic amines) is 1. The minimum absolute atomic E-state index is 0.237. The van der Waals surface area contributed by atoms with E-state index < -0.39 is 30.1 Å². The van der Waals surface area contributed by atoms with E-state index in [0.29, 0.717) is 0 Å². The molecule has 1 aliphatic rings. The molecule has 4 atom stereocenters. The van der Waals surface area contributed by atoms with Crippen LogP contribution in [0.1, 0.15) is 34.1 Å². The van der Waals surface area contributed by atoms with Crippen LogP contribution in [0.25, 0.3) is 0 Å². The summed E-state index contributed by atoms with van der Waals surface area (Å²) < 4.78 is 0. The van der Waals surface area contributed by atoms with Gasteiger partial charge in [-0.2, -0.15) is 0 Å². The maximum Gasteiger partial charge on any atom is 0.243 e. The Hall–Kier alpha value is -2.22. The van der Waals surface area contributed by atoms with Crippen molar-refractivity contribution in [1.29, 1.82) is 0 Å². The summed E-state index contributed by atoms with van der Waals surface area (Å²) in [7, 11) is 0. The number of aliphatic hydroxyl groups is 1. The van der Waals surface area contributed by atoms with Crippen LogP contribution in [0.5, 0.6) is 0 Å². The van der Waals surface area contributed by atoms with Crippen molar-refractivity contribution < 1.29 is 24.3 Å². The van der Waals surface area contributed by atoms with Crippen molar-refractivity contribution in [3.05, 3.63) is 12.7 Å². The van der Waals surface area contributed by atoms with Crippen molar-refractivity contribution in [3.63, 3.8) is 0 Å². The van der Waals surface area contributed by atoms with E-state index in [1.54, 1.807) is 20.8 Å². The van der Waals surface area contributed by atoms with Gasteiger partial charge < -0.3 is 20.6 Å². The van der Waals surface area contributed by atoms with Crippen LogP contribution in [0, 0.1) is 11.8 Å². The average Bonchev–Trinajstić information content (AvgIpc) is 2.75. The molecule has 1 saturated heterocycles. The van der Waals surface area contributed by atoms with Crippen molar-refractivity contribution in [2.24, 2.45) is 11.8 Å². The van der Waals surface area contributed by atoms with E-state index in [9.17, 15) is 24.3 Å². The summed E-state index contributed by atoms with van der Waals surface area (Å²) in [6, 6.07) is -1.70. The van der Waals surface area contributed by atoms with E-state index in [4.69, 9.17) is 0 Å². The van der Waals surface area contributed by atoms with E-state index >= 15 is 0 Å². The Balaban J connectivity index is 2.72. The molecule has 0 aromatic rings. The van der Waals surface area contributed by atoms with Gasteiger partial charge in [-0.1, -0.05) is 26.8 Å². The molecule has 25 heavy (non-hydrogen) atoms. The lowest BCUT2D eigenvalue weighted by Crippen LogP contribution is -2.55. The number of amides is 3. The number of hydrogen-bond acceptors (Lipinski definition) is 5. The first-order valence-electron chi connectivity index (χ1n) is 8.29. The molecule has 0 radical (unpaired) electrons. The Bertz CT molecular complexity index is 560. The first-order chi connectivity index (χ1) is 11.6. The molecule has 0 aromatic heterocycles.